The van der Waals surface area contributed by atoms with E-state index in [2.05, 4.69) is 26.6 Å². The summed E-state index contributed by atoms with van der Waals surface area (Å²) >= 11 is 0. The van der Waals surface area contributed by atoms with Crippen LogP contribution in [0.4, 0.5) is 0 Å². The SMILES string of the molecule is C[C@@H](O)[C@H](N)C(=O)NCC(=O)N[C@@H](CO)C(=O)N[C@@H](CC(N)=O)C(=O)N[C@H](C(=O)N[C@@H](Cc1ccc(O)cc1)C(=O)O)[C@@H](C)O. The van der Waals surface area contributed by atoms with E-state index in [0.29, 0.717) is 5.56 Å². The highest BCUT2D eigenvalue weighted by Gasteiger charge is 2.34. The first kappa shape index (κ1) is 38.2. The van der Waals surface area contributed by atoms with Crippen molar-refractivity contribution in [3.63, 3.8) is 0 Å². The first-order valence-corrected chi connectivity index (χ1v) is 13.5. The Kier molecular flexibility index (Phi) is 15.3. The topological polar surface area (TPSA) is 333 Å². The summed E-state index contributed by atoms with van der Waals surface area (Å²) in [5.74, 6) is -7.99. The average molecular weight is 642 g/mol. The van der Waals surface area contributed by atoms with Crippen molar-refractivity contribution in [1.82, 2.24) is 26.6 Å². The number of benzene rings is 1. The summed E-state index contributed by atoms with van der Waals surface area (Å²) < 4.78 is 0. The number of carbonyl (C=O) groups is 7. The summed E-state index contributed by atoms with van der Waals surface area (Å²) in [7, 11) is 0. The molecule has 1 rings (SSSR count). The predicted molar refractivity (Wildman–Crippen MR) is 152 cm³/mol. The van der Waals surface area contributed by atoms with Crippen LogP contribution in [-0.4, -0.2) is 123 Å². The van der Waals surface area contributed by atoms with Crippen LogP contribution in [0, 0.1) is 0 Å². The van der Waals surface area contributed by atoms with Gasteiger partial charge in [0.1, 0.15) is 36.0 Å². The van der Waals surface area contributed by atoms with Gasteiger partial charge in [0, 0.05) is 6.42 Å². The van der Waals surface area contributed by atoms with Crippen LogP contribution in [0.1, 0.15) is 25.8 Å². The van der Waals surface area contributed by atoms with E-state index in [-0.39, 0.29) is 12.2 Å². The monoisotopic (exact) mass is 641 g/mol. The molecule has 0 saturated heterocycles. The van der Waals surface area contributed by atoms with Gasteiger partial charge in [-0.25, -0.2) is 4.79 Å². The van der Waals surface area contributed by atoms with Crippen LogP contribution in [0.15, 0.2) is 24.3 Å². The van der Waals surface area contributed by atoms with Crippen molar-refractivity contribution in [3.8, 4) is 5.75 Å². The van der Waals surface area contributed by atoms with Gasteiger partial charge in [0.15, 0.2) is 0 Å². The number of hydrogen-bond donors (Lipinski definition) is 12. The molecule has 7 atom stereocenters. The number of carbonyl (C=O) groups excluding carboxylic acids is 6. The molecule has 0 spiro atoms. The van der Waals surface area contributed by atoms with Crippen molar-refractivity contribution in [1.29, 1.82) is 0 Å². The number of phenols is 1. The molecule has 6 amide bonds. The van der Waals surface area contributed by atoms with Crippen molar-refractivity contribution in [2.24, 2.45) is 11.5 Å². The van der Waals surface area contributed by atoms with E-state index < -0.39 is 103 Å². The molecule has 0 fully saturated rings. The molecule has 0 radical (unpaired) electrons. The zero-order chi connectivity index (χ0) is 34.4. The minimum atomic E-state index is -1.79. The van der Waals surface area contributed by atoms with E-state index in [4.69, 9.17) is 11.5 Å². The Morgan fingerprint density at radius 1 is 0.778 bits per heavy atom. The Morgan fingerprint density at radius 3 is 1.82 bits per heavy atom. The van der Waals surface area contributed by atoms with Crippen LogP contribution in [0.5, 0.6) is 5.75 Å². The largest absolute Gasteiger partial charge is 0.508 e. The van der Waals surface area contributed by atoms with Gasteiger partial charge in [0.25, 0.3) is 0 Å². The maximum atomic E-state index is 13.0. The lowest BCUT2D eigenvalue weighted by molar-refractivity contribution is -0.143. The predicted octanol–water partition coefficient (Wildman–Crippen LogP) is -5.97. The number of carboxylic acids is 1. The summed E-state index contributed by atoms with van der Waals surface area (Å²) in [6.45, 7) is 0.646. The second kappa shape index (κ2) is 18.1. The Hall–Kier alpha value is -4.85. The van der Waals surface area contributed by atoms with Crippen LogP contribution >= 0.6 is 0 Å². The quantitative estimate of drug-likeness (QED) is 0.0711. The first-order valence-electron chi connectivity index (χ1n) is 13.5. The Balaban J connectivity index is 2.96. The number of phenolic OH excluding ortho intramolecular Hbond substituents is 1. The van der Waals surface area contributed by atoms with Gasteiger partial charge in [0.05, 0.1) is 31.8 Å². The van der Waals surface area contributed by atoms with Crippen LogP contribution in [0.2, 0.25) is 0 Å². The number of nitrogens with one attached hydrogen (secondary N) is 5. The molecule has 19 nitrogen and oxygen atoms in total. The van der Waals surface area contributed by atoms with Crippen LogP contribution < -0.4 is 38.1 Å². The maximum absolute atomic E-state index is 13.0. The number of amides is 6. The van der Waals surface area contributed by atoms with E-state index >= 15 is 0 Å². The lowest BCUT2D eigenvalue weighted by Gasteiger charge is -2.26. The molecule has 0 saturated carbocycles. The van der Waals surface area contributed by atoms with Gasteiger partial charge in [-0.2, -0.15) is 0 Å². The zero-order valence-electron chi connectivity index (χ0n) is 24.4. The third kappa shape index (κ3) is 13.1. The molecule has 0 aromatic heterocycles. The summed E-state index contributed by atoms with van der Waals surface area (Å²) in [5.41, 5.74) is 11.0. The molecule has 0 bridgehead atoms. The number of primary amides is 1. The zero-order valence-corrected chi connectivity index (χ0v) is 24.4. The van der Waals surface area contributed by atoms with Gasteiger partial charge in [-0.3, -0.25) is 28.8 Å². The highest BCUT2D eigenvalue weighted by Crippen LogP contribution is 2.12. The van der Waals surface area contributed by atoms with Gasteiger partial charge in [-0.05, 0) is 31.5 Å². The van der Waals surface area contributed by atoms with Gasteiger partial charge >= 0.3 is 5.97 Å². The highest BCUT2D eigenvalue weighted by molar-refractivity contribution is 5.97. The number of carboxylic acid groups (broad SMARTS) is 1. The summed E-state index contributed by atoms with van der Waals surface area (Å²) in [6.07, 6.45) is -3.89. The van der Waals surface area contributed by atoms with Gasteiger partial charge in [-0.1, -0.05) is 12.1 Å². The molecular formula is C26H39N7O12. The van der Waals surface area contributed by atoms with Gasteiger partial charge in [-0.15, -0.1) is 0 Å². The lowest BCUT2D eigenvalue weighted by Crippen LogP contribution is -2.61. The summed E-state index contributed by atoms with van der Waals surface area (Å²) in [4.78, 5) is 86.0. The number of nitrogens with two attached hydrogens (primary N) is 2. The number of aliphatic carboxylic acids is 1. The number of rotatable bonds is 18. The molecule has 19 heteroatoms. The maximum Gasteiger partial charge on any atom is 0.326 e. The fourth-order valence-corrected chi connectivity index (χ4v) is 3.61. The van der Waals surface area contributed by atoms with Crippen LogP contribution in [-0.2, 0) is 40.0 Å². The standard InChI is InChI=1S/C26H39N7O12/c1-11(35)20(28)24(42)29-9-19(39)30-17(10-34)23(41)31-15(8-18(27)38)22(40)33-21(12(2)36)25(43)32-16(26(44)45)7-13-3-5-14(37)6-4-13/h3-6,11-12,15-17,20-21,34-37H,7-10,28H2,1-2H3,(H2,27,38)(H,29,42)(H,30,39)(H,31,41)(H,32,43)(H,33,40)(H,44,45)/t11-,12-,15+,16+,17+,20+,21+/m1/s1. The Bertz CT molecular complexity index is 1230. The molecule has 0 unspecified atom stereocenters. The number of aliphatic hydroxyl groups is 3. The summed E-state index contributed by atoms with van der Waals surface area (Å²) in [6, 6.07) is -2.67. The van der Waals surface area contributed by atoms with E-state index in [1.54, 1.807) is 0 Å². The van der Waals surface area contributed by atoms with E-state index in [1.807, 2.05) is 0 Å². The lowest BCUT2D eigenvalue weighted by atomic mass is 10.0. The van der Waals surface area contributed by atoms with Crippen molar-refractivity contribution in [2.75, 3.05) is 13.2 Å². The van der Waals surface area contributed by atoms with Gasteiger partial charge < -0.3 is 63.6 Å². The molecule has 0 aliphatic heterocycles. The summed E-state index contributed by atoms with van der Waals surface area (Å²) in [5, 5.41) is 58.7. The smallest absolute Gasteiger partial charge is 0.326 e. The van der Waals surface area contributed by atoms with Gasteiger partial charge in [0.2, 0.25) is 35.4 Å². The molecule has 250 valence electrons. The minimum Gasteiger partial charge on any atom is -0.508 e. The van der Waals surface area contributed by atoms with Crippen molar-refractivity contribution < 1.29 is 59.1 Å². The minimum absolute atomic E-state index is 0.0699. The van der Waals surface area contributed by atoms with E-state index in [0.717, 1.165) is 6.92 Å². The van der Waals surface area contributed by atoms with Crippen molar-refractivity contribution in [2.45, 2.75) is 69.1 Å². The van der Waals surface area contributed by atoms with Crippen LogP contribution in [0.3, 0.4) is 0 Å². The first-order chi connectivity index (χ1) is 21.0. The Labute approximate surface area is 256 Å². The fourth-order valence-electron chi connectivity index (χ4n) is 3.61. The molecule has 1 aromatic rings. The van der Waals surface area contributed by atoms with Crippen molar-refractivity contribution in [3.05, 3.63) is 29.8 Å². The molecule has 14 N–H and O–H groups in total. The second-order valence-electron chi connectivity index (χ2n) is 10.0. The normalized spacial score (nSPS) is 15.5. The molecule has 45 heavy (non-hydrogen) atoms. The highest BCUT2D eigenvalue weighted by atomic mass is 16.4. The Morgan fingerprint density at radius 2 is 1.33 bits per heavy atom. The molecule has 0 aliphatic rings. The van der Waals surface area contributed by atoms with E-state index in [1.165, 1.54) is 31.2 Å². The molecule has 0 aliphatic carbocycles. The third-order valence-electron chi connectivity index (χ3n) is 6.17. The van der Waals surface area contributed by atoms with E-state index in [9.17, 15) is 59.1 Å². The van der Waals surface area contributed by atoms with Crippen LogP contribution in [0.25, 0.3) is 0 Å². The fraction of sp³-hybridized carbons (Fsp3) is 0.500. The molecular weight excluding hydrogens is 602 g/mol. The average Bonchev–Trinajstić information content (AvgIpc) is 2.96. The number of aliphatic hydroxyl groups excluding tert-OH is 3. The van der Waals surface area contributed by atoms with Crippen molar-refractivity contribution >= 4 is 41.4 Å². The second-order valence-corrected chi connectivity index (χ2v) is 10.0. The number of aromatic hydroxyl groups is 1. The third-order valence-corrected chi connectivity index (χ3v) is 6.17. The number of hydrogen-bond acceptors (Lipinski definition) is 12. The molecule has 0 heterocycles. The molecule has 1 aromatic carbocycles.